The topological polar surface area (TPSA) is 37.8 Å². The standard InChI is InChI=1S/C18H25N3/c1-4-12-19-18-13-16(15-8-6-5-7-9-15)20-17(21-18)11-10-14(2)3/h5-9,13-14H,4,10-12H2,1-3H3,(H,19,20,21). The molecule has 1 aromatic carbocycles. The third kappa shape index (κ3) is 4.85. The molecule has 0 unspecified atom stereocenters. The Morgan fingerprint density at radius 2 is 1.86 bits per heavy atom. The fourth-order valence-corrected chi connectivity index (χ4v) is 2.13. The summed E-state index contributed by atoms with van der Waals surface area (Å²) in [6, 6.07) is 12.4. The van der Waals surface area contributed by atoms with E-state index in [0.29, 0.717) is 5.92 Å². The normalized spacial score (nSPS) is 10.9. The Morgan fingerprint density at radius 3 is 2.52 bits per heavy atom. The fraction of sp³-hybridized carbons (Fsp3) is 0.444. The summed E-state index contributed by atoms with van der Waals surface area (Å²) in [7, 11) is 0. The summed E-state index contributed by atoms with van der Waals surface area (Å²) in [6.45, 7) is 7.56. The smallest absolute Gasteiger partial charge is 0.131 e. The van der Waals surface area contributed by atoms with Crippen LogP contribution in [0.2, 0.25) is 0 Å². The Balaban J connectivity index is 2.28. The quantitative estimate of drug-likeness (QED) is 0.809. The third-order valence-electron chi connectivity index (χ3n) is 3.34. The van der Waals surface area contributed by atoms with Crippen molar-refractivity contribution in [1.82, 2.24) is 9.97 Å². The number of hydrogen-bond acceptors (Lipinski definition) is 3. The second kappa shape index (κ2) is 7.77. The van der Waals surface area contributed by atoms with E-state index >= 15 is 0 Å². The van der Waals surface area contributed by atoms with Crippen molar-refractivity contribution in [1.29, 1.82) is 0 Å². The van der Waals surface area contributed by atoms with Gasteiger partial charge in [-0.15, -0.1) is 0 Å². The molecule has 2 rings (SSSR count). The SMILES string of the molecule is CCCNc1cc(-c2ccccc2)nc(CCC(C)C)n1. The molecule has 3 heteroatoms. The highest BCUT2D eigenvalue weighted by atomic mass is 15.0. The number of rotatable bonds is 7. The average Bonchev–Trinajstić information content (AvgIpc) is 2.51. The molecule has 0 aliphatic carbocycles. The van der Waals surface area contributed by atoms with Gasteiger partial charge >= 0.3 is 0 Å². The van der Waals surface area contributed by atoms with Gasteiger partial charge in [0.05, 0.1) is 5.69 Å². The highest BCUT2D eigenvalue weighted by Gasteiger charge is 2.07. The highest BCUT2D eigenvalue weighted by Crippen LogP contribution is 2.20. The maximum absolute atomic E-state index is 4.73. The Hall–Kier alpha value is -1.90. The van der Waals surface area contributed by atoms with Gasteiger partial charge in [0, 0.05) is 24.6 Å². The molecule has 0 fully saturated rings. The van der Waals surface area contributed by atoms with E-state index in [2.05, 4.69) is 43.2 Å². The Labute approximate surface area is 127 Å². The van der Waals surface area contributed by atoms with Gasteiger partial charge in [-0.25, -0.2) is 9.97 Å². The molecule has 0 saturated heterocycles. The Bertz CT molecular complexity index is 550. The molecule has 0 aliphatic heterocycles. The molecule has 0 radical (unpaired) electrons. The van der Waals surface area contributed by atoms with Crippen molar-refractivity contribution in [3.8, 4) is 11.3 Å². The summed E-state index contributed by atoms with van der Waals surface area (Å²) in [5, 5.41) is 3.38. The molecular weight excluding hydrogens is 258 g/mol. The van der Waals surface area contributed by atoms with Crippen LogP contribution in [-0.2, 0) is 6.42 Å². The van der Waals surface area contributed by atoms with E-state index in [1.807, 2.05) is 24.3 Å². The molecular formula is C18H25N3. The van der Waals surface area contributed by atoms with Crippen LogP contribution in [-0.4, -0.2) is 16.5 Å². The molecule has 0 saturated carbocycles. The van der Waals surface area contributed by atoms with Gasteiger partial charge in [-0.05, 0) is 18.8 Å². The van der Waals surface area contributed by atoms with Gasteiger partial charge in [-0.2, -0.15) is 0 Å². The van der Waals surface area contributed by atoms with Gasteiger partial charge in [0.15, 0.2) is 0 Å². The van der Waals surface area contributed by atoms with Crippen LogP contribution in [0.5, 0.6) is 0 Å². The van der Waals surface area contributed by atoms with E-state index < -0.39 is 0 Å². The zero-order chi connectivity index (χ0) is 15.1. The number of aromatic nitrogens is 2. The van der Waals surface area contributed by atoms with E-state index in [-0.39, 0.29) is 0 Å². The van der Waals surface area contributed by atoms with E-state index in [1.165, 1.54) is 0 Å². The first-order valence-corrected chi connectivity index (χ1v) is 7.86. The number of nitrogens with one attached hydrogen (secondary N) is 1. The minimum absolute atomic E-state index is 0.668. The first-order chi connectivity index (χ1) is 10.2. The van der Waals surface area contributed by atoms with Crippen LogP contribution in [0.15, 0.2) is 36.4 Å². The molecule has 112 valence electrons. The highest BCUT2D eigenvalue weighted by molar-refractivity contribution is 5.62. The molecule has 0 amide bonds. The second-order valence-corrected chi connectivity index (χ2v) is 5.78. The number of hydrogen-bond donors (Lipinski definition) is 1. The van der Waals surface area contributed by atoms with Gasteiger partial charge < -0.3 is 5.32 Å². The van der Waals surface area contributed by atoms with Crippen molar-refractivity contribution in [2.24, 2.45) is 5.92 Å². The van der Waals surface area contributed by atoms with Crippen molar-refractivity contribution in [3.63, 3.8) is 0 Å². The average molecular weight is 283 g/mol. The maximum atomic E-state index is 4.73. The van der Waals surface area contributed by atoms with Crippen molar-refractivity contribution in [2.75, 3.05) is 11.9 Å². The molecule has 0 atom stereocenters. The summed E-state index contributed by atoms with van der Waals surface area (Å²) in [5.41, 5.74) is 2.15. The predicted octanol–water partition coefficient (Wildman–Crippen LogP) is 4.55. The van der Waals surface area contributed by atoms with E-state index in [1.54, 1.807) is 0 Å². The number of anilines is 1. The van der Waals surface area contributed by atoms with Crippen LogP contribution in [0.1, 0.15) is 39.4 Å². The van der Waals surface area contributed by atoms with E-state index in [9.17, 15) is 0 Å². The minimum Gasteiger partial charge on any atom is -0.370 e. The maximum Gasteiger partial charge on any atom is 0.131 e. The van der Waals surface area contributed by atoms with Gasteiger partial charge in [0.1, 0.15) is 11.6 Å². The first kappa shape index (κ1) is 15.5. The monoisotopic (exact) mass is 283 g/mol. The molecule has 0 spiro atoms. The van der Waals surface area contributed by atoms with Crippen LogP contribution >= 0.6 is 0 Å². The van der Waals surface area contributed by atoms with Crippen LogP contribution < -0.4 is 5.32 Å². The molecule has 21 heavy (non-hydrogen) atoms. The van der Waals surface area contributed by atoms with Gasteiger partial charge in [-0.1, -0.05) is 51.1 Å². The van der Waals surface area contributed by atoms with Crippen LogP contribution in [0, 0.1) is 5.92 Å². The summed E-state index contributed by atoms with van der Waals surface area (Å²) in [5.74, 6) is 2.54. The number of nitrogens with zero attached hydrogens (tertiary/aromatic N) is 2. The molecule has 1 aromatic heterocycles. The first-order valence-electron chi connectivity index (χ1n) is 7.86. The molecule has 1 heterocycles. The molecule has 1 N–H and O–H groups in total. The van der Waals surface area contributed by atoms with Gasteiger partial charge in [0.25, 0.3) is 0 Å². The summed E-state index contributed by atoms with van der Waals surface area (Å²) < 4.78 is 0. The Morgan fingerprint density at radius 1 is 1.10 bits per heavy atom. The molecule has 3 nitrogen and oxygen atoms in total. The Kier molecular flexibility index (Phi) is 5.73. The van der Waals surface area contributed by atoms with Crippen molar-refractivity contribution in [3.05, 3.63) is 42.2 Å². The molecule has 0 bridgehead atoms. The largest absolute Gasteiger partial charge is 0.370 e. The van der Waals surface area contributed by atoms with Crippen molar-refractivity contribution in [2.45, 2.75) is 40.0 Å². The third-order valence-corrected chi connectivity index (χ3v) is 3.34. The predicted molar refractivity (Wildman–Crippen MR) is 89.4 cm³/mol. The lowest BCUT2D eigenvalue weighted by Crippen LogP contribution is -2.07. The lowest BCUT2D eigenvalue weighted by molar-refractivity contribution is 0.575. The zero-order valence-corrected chi connectivity index (χ0v) is 13.3. The van der Waals surface area contributed by atoms with Gasteiger partial charge in [-0.3, -0.25) is 0 Å². The van der Waals surface area contributed by atoms with Crippen molar-refractivity contribution < 1.29 is 0 Å². The number of aryl methyl sites for hydroxylation is 1. The summed E-state index contributed by atoms with van der Waals surface area (Å²) in [6.07, 6.45) is 3.14. The second-order valence-electron chi connectivity index (χ2n) is 5.78. The summed E-state index contributed by atoms with van der Waals surface area (Å²) in [4.78, 5) is 9.38. The summed E-state index contributed by atoms with van der Waals surface area (Å²) >= 11 is 0. The molecule has 2 aromatic rings. The van der Waals surface area contributed by atoms with E-state index in [0.717, 1.165) is 48.7 Å². The van der Waals surface area contributed by atoms with Crippen molar-refractivity contribution >= 4 is 5.82 Å². The minimum atomic E-state index is 0.668. The lowest BCUT2D eigenvalue weighted by atomic mass is 10.1. The van der Waals surface area contributed by atoms with E-state index in [4.69, 9.17) is 4.98 Å². The lowest BCUT2D eigenvalue weighted by Gasteiger charge is -2.10. The zero-order valence-electron chi connectivity index (χ0n) is 13.3. The number of benzene rings is 1. The van der Waals surface area contributed by atoms with Crippen LogP contribution in [0.3, 0.4) is 0 Å². The van der Waals surface area contributed by atoms with Gasteiger partial charge in [0.2, 0.25) is 0 Å². The van der Waals surface area contributed by atoms with Crippen LogP contribution in [0.25, 0.3) is 11.3 Å². The molecule has 0 aliphatic rings. The fourth-order valence-electron chi connectivity index (χ4n) is 2.13. The van der Waals surface area contributed by atoms with Crippen LogP contribution in [0.4, 0.5) is 5.82 Å².